The van der Waals surface area contributed by atoms with Crippen molar-refractivity contribution >= 4 is 15.9 Å². The van der Waals surface area contributed by atoms with Crippen LogP contribution in [0.2, 0.25) is 0 Å². The van der Waals surface area contributed by atoms with Gasteiger partial charge in [-0.15, -0.1) is 0 Å². The Morgan fingerprint density at radius 2 is 2.15 bits per heavy atom. The highest BCUT2D eigenvalue weighted by molar-refractivity contribution is 9.10. The highest BCUT2D eigenvalue weighted by atomic mass is 79.9. The Labute approximate surface area is 83.3 Å². The molecular formula is C8H9BrF2N2. The Bertz CT molecular complexity index is 281. The van der Waals surface area contributed by atoms with Crippen molar-refractivity contribution in [1.29, 1.82) is 0 Å². The maximum atomic E-state index is 12.0. The normalized spacial score (nSPS) is 13.3. The topological polar surface area (TPSA) is 38.9 Å². The second-order valence-electron chi connectivity index (χ2n) is 2.67. The van der Waals surface area contributed by atoms with E-state index in [1.807, 2.05) is 0 Å². The molecule has 5 heteroatoms. The van der Waals surface area contributed by atoms with Crippen LogP contribution >= 0.6 is 15.9 Å². The van der Waals surface area contributed by atoms with Crippen LogP contribution in [0.5, 0.6) is 0 Å². The molecule has 2 nitrogen and oxygen atoms in total. The van der Waals surface area contributed by atoms with E-state index in [2.05, 4.69) is 20.9 Å². The van der Waals surface area contributed by atoms with E-state index in [4.69, 9.17) is 5.73 Å². The maximum absolute atomic E-state index is 12.0. The third-order valence-corrected chi connectivity index (χ3v) is 2.02. The lowest BCUT2D eigenvalue weighted by Gasteiger charge is -2.10. The molecule has 13 heavy (non-hydrogen) atoms. The van der Waals surface area contributed by atoms with E-state index in [1.165, 1.54) is 6.20 Å². The van der Waals surface area contributed by atoms with Gasteiger partial charge in [-0.25, -0.2) is 8.78 Å². The van der Waals surface area contributed by atoms with Gasteiger partial charge in [0.2, 0.25) is 6.43 Å². The minimum atomic E-state index is -2.38. The van der Waals surface area contributed by atoms with Crippen molar-refractivity contribution in [3.63, 3.8) is 0 Å². The lowest BCUT2D eigenvalue weighted by molar-refractivity contribution is 0.128. The molecule has 0 unspecified atom stereocenters. The summed E-state index contributed by atoms with van der Waals surface area (Å²) in [7, 11) is 0. The standard InChI is InChI=1S/C8H9BrF2N2/c9-6-1-5(3-13-4-6)7(12)2-8(10)11/h1,3-4,7-8H,2,12H2/t7-/m1/s1. The zero-order chi connectivity index (χ0) is 9.84. The fraction of sp³-hybridized carbons (Fsp3) is 0.375. The highest BCUT2D eigenvalue weighted by Gasteiger charge is 2.12. The molecule has 1 atom stereocenters. The predicted octanol–water partition coefficient (Wildman–Crippen LogP) is 2.50. The summed E-state index contributed by atoms with van der Waals surface area (Å²) in [6, 6.07) is 1.05. The summed E-state index contributed by atoms with van der Waals surface area (Å²) < 4.78 is 24.7. The number of halogens is 3. The number of nitrogens with zero attached hydrogens (tertiary/aromatic N) is 1. The monoisotopic (exact) mass is 250 g/mol. The molecule has 0 fully saturated rings. The summed E-state index contributed by atoms with van der Waals surface area (Å²) in [6.45, 7) is 0. The summed E-state index contributed by atoms with van der Waals surface area (Å²) in [5.41, 5.74) is 6.14. The summed E-state index contributed by atoms with van der Waals surface area (Å²) >= 11 is 3.19. The smallest absolute Gasteiger partial charge is 0.240 e. The average Bonchev–Trinajstić information content (AvgIpc) is 2.03. The number of aromatic nitrogens is 1. The SMILES string of the molecule is N[C@H](CC(F)F)c1cncc(Br)c1. The molecule has 0 saturated carbocycles. The van der Waals surface area contributed by atoms with Gasteiger partial charge in [-0.05, 0) is 27.6 Å². The van der Waals surface area contributed by atoms with E-state index in [0.29, 0.717) is 5.56 Å². The molecule has 0 aliphatic carbocycles. The lowest BCUT2D eigenvalue weighted by atomic mass is 10.1. The molecular weight excluding hydrogens is 242 g/mol. The first kappa shape index (κ1) is 10.5. The Hall–Kier alpha value is -0.550. The number of alkyl halides is 2. The van der Waals surface area contributed by atoms with Crippen LogP contribution < -0.4 is 5.73 Å². The summed E-state index contributed by atoms with van der Waals surface area (Å²) in [4.78, 5) is 3.84. The molecule has 2 N–H and O–H groups in total. The minimum Gasteiger partial charge on any atom is -0.324 e. The van der Waals surface area contributed by atoms with Gasteiger partial charge >= 0.3 is 0 Å². The third-order valence-electron chi connectivity index (χ3n) is 1.59. The summed E-state index contributed by atoms with van der Waals surface area (Å²) in [5, 5.41) is 0. The largest absolute Gasteiger partial charge is 0.324 e. The Balaban J connectivity index is 2.71. The van der Waals surface area contributed by atoms with E-state index >= 15 is 0 Å². The first-order valence-electron chi connectivity index (χ1n) is 3.74. The average molecular weight is 251 g/mol. The minimum absolute atomic E-state index is 0.335. The van der Waals surface area contributed by atoms with Crippen LogP contribution in [0.1, 0.15) is 18.0 Å². The Kier molecular flexibility index (Phi) is 3.74. The van der Waals surface area contributed by atoms with Crippen LogP contribution in [0, 0.1) is 0 Å². The molecule has 1 rings (SSSR count). The van der Waals surface area contributed by atoms with Crippen LogP contribution in [0.15, 0.2) is 22.9 Å². The molecule has 0 aliphatic heterocycles. The number of nitrogens with two attached hydrogens (primary N) is 1. The van der Waals surface area contributed by atoms with Crippen molar-refractivity contribution in [3.8, 4) is 0 Å². The number of pyridine rings is 1. The lowest BCUT2D eigenvalue weighted by Crippen LogP contribution is -2.14. The van der Waals surface area contributed by atoms with Crippen molar-refractivity contribution in [2.45, 2.75) is 18.9 Å². The third kappa shape index (κ3) is 3.36. The molecule has 0 radical (unpaired) electrons. The first-order valence-corrected chi connectivity index (χ1v) is 4.53. The van der Waals surface area contributed by atoms with Gasteiger partial charge in [0.25, 0.3) is 0 Å². The Morgan fingerprint density at radius 3 is 2.69 bits per heavy atom. The molecule has 0 aliphatic rings. The molecule has 0 amide bonds. The molecule has 1 heterocycles. The molecule has 1 aromatic rings. The summed E-state index contributed by atoms with van der Waals surface area (Å²) in [6.07, 6.45) is 0.364. The summed E-state index contributed by atoms with van der Waals surface area (Å²) in [5.74, 6) is 0. The molecule has 0 bridgehead atoms. The van der Waals surface area contributed by atoms with Crippen molar-refractivity contribution in [2.75, 3.05) is 0 Å². The second-order valence-corrected chi connectivity index (χ2v) is 3.59. The van der Waals surface area contributed by atoms with E-state index in [9.17, 15) is 8.78 Å². The highest BCUT2D eigenvalue weighted by Crippen LogP contribution is 2.19. The van der Waals surface area contributed by atoms with E-state index < -0.39 is 12.5 Å². The predicted molar refractivity (Wildman–Crippen MR) is 49.5 cm³/mol. The first-order chi connectivity index (χ1) is 6.09. The van der Waals surface area contributed by atoms with Crippen LogP contribution in [0.3, 0.4) is 0 Å². The quantitative estimate of drug-likeness (QED) is 0.896. The van der Waals surface area contributed by atoms with Gasteiger partial charge in [-0.2, -0.15) is 0 Å². The number of rotatable bonds is 3. The molecule has 72 valence electrons. The van der Waals surface area contributed by atoms with Crippen molar-refractivity contribution in [3.05, 3.63) is 28.5 Å². The van der Waals surface area contributed by atoms with Crippen LogP contribution in [0.25, 0.3) is 0 Å². The second kappa shape index (κ2) is 4.62. The number of hydrogen-bond donors (Lipinski definition) is 1. The molecule has 0 spiro atoms. The molecule has 1 aromatic heterocycles. The van der Waals surface area contributed by atoms with Crippen LogP contribution in [0.4, 0.5) is 8.78 Å². The van der Waals surface area contributed by atoms with Gasteiger partial charge in [-0.3, -0.25) is 4.98 Å². The molecule has 0 aromatic carbocycles. The zero-order valence-electron chi connectivity index (χ0n) is 6.75. The van der Waals surface area contributed by atoms with Gasteiger partial charge < -0.3 is 5.73 Å². The van der Waals surface area contributed by atoms with Crippen molar-refractivity contribution < 1.29 is 8.78 Å². The maximum Gasteiger partial charge on any atom is 0.240 e. The van der Waals surface area contributed by atoms with Crippen molar-refractivity contribution in [2.24, 2.45) is 5.73 Å². The van der Waals surface area contributed by atoms with E-state index in [0.717, 1.165) is 4.47 Å². The van der Waals surface area contributed by atoms with Gasteiger partial charge in [0, 0.05) is 29.3 Å². The number of hydrogen-bond acceptors (Lipinski definition) is 2. The van der Waals surface area contributed by atoms with E-state index in [-0.39, 0.29) is 6.42 Å². The van der Waals surface area contributed by atoms with Gasteiger partial charge in [0.05, 0.1) is 0 Å². The fourth-order valence-electron chi connectivity index (χ4n) is 0.959. The van der Waals surface area contributed by atoms with Crippen LogP contribution in [-0.4, -0.2) is 11.4 Å². The van der Waals surface area contributed by atoms with Gasteiger partial charge in [0.1, 0.15) is 0 Å². The van der Waals surface area contributed by atoms with Gasteiger partial charge in [-0.1, -0.05) is 0 Å². The van der Waals surface area contributed by atoms with Crippen molar-refractivity contribution in [1.82, 2.24) is 4.98 Å². The Morgan fingerprint density at radius 1 is 1.46 bits per heavy atom. The fourth-order valence-corrected chi connectivity index (χ4v) is 1.34. The zero-order valence-corrected chi connectivity index (χ0v) is 8.34. The molecule has 0 saturated heterocycles. The van der Waals surface area contributed by atoms with Gasteiger partial charge in [0.15, 0.2) is 0 Å². The van der Waals surface area contributed by atoms with Crippen LogP contribution in [-0.2, 0) is 0 Å². The van der Waals surface area contributed by atoms with E-state index in [1.54, 1.807) is 12.3 Å².